The summed E-state index contributed by atoms with van der Waals surface area (Å²) < 4.78 is 0. The molecule has 0 bridgehead atoms. The summed E-state index contributed by atoms with van der Waals surface area (Å²) in [5.41, 5.74) is 0. The molecular weight excluding hydrogens is 196 g/mol. The van der Waals surface area contributed by atoms with Crippen molar-refractivity contribution in [3.63, 3.8) is 0 Å². The van der Waals surface area contributed by atoms with E-state index in [0.29, 0.717) is 0 Å². The molecule has 3 unspecified atom stereocenters. The topological polar surface area (TPSA) is 17.1 Å². The second-order valence-corrected chi connectivity index (χ2v) is 5.49. The van der Waals surface area contributed by atoms with E-state index in [1.54, 1.807) is 0 Å². The summed E-state index contributed by atoms with van der Waals surface area (Å²) in [6, 6.07) is 0. The van der Waals surface area contributed by atoms with Gasteiger partial charge in [0.15, 0.2) is 0 Å². The molecule has 1 heteroatoms. The van der Waals surface area contributed by atoms with Crippen molar-refractivity contribution in [3.05, 3.63) is 0 Å². The molecule has 0 N–H and O–H groups in total. The molecule has 0 spiro atoms. The van der Waals surface area contributed by atoms with Crippen LogP contribution in [0.2, 0.25) is 0 Å². The van der Waals surface area contributed by atoms with Crippen LogP contribution in [0.1, 0.15) is 71.6 Å². The zero-order valence-corrected chi connectivity index (χ0v) is 11.1. The predicted octanol–water partition coefficient (Wildman–Crippen LogP) is 4.60. The molecule has 0 heterocycles. The molecule has 1 fully saturated rings. The molecule has 1 aliphatic rings. The summed E-state index contributed by atoms with van der Waals surface area (Å²) in [6.07, 6.45) is 12.7. The van der Waals surface area contributed by atoms with Crippen LogP contribution in [0.5, 0.6) is 0 Å². The van der Waals surface area contributed by atoms with Crippen molar-refractivity contribution >= 4 is 6.29 Å². The summed E-state index contributed by atoms with van der Waals surface area (Å²) in [5, 5.41) is 0. The van der Waals surface area contributed by atoms with E-state index in [0.717, 1.165) is 36.9 Å². The smallest absolute Gasteiger partial charge is 0.120 e. The van der Waals surface area contributed by atoms with Gasteiger partial charge in [-0.15, -0.1) is 0 Å². The molecule has 3 atom stereocenters. The lowest BCUT2D eigenvalue weighted by Gasteiger charge is -2.36. The molecule has 0 aliphatic heterocycles. The van der Waals surface area contributed by atoms with E-state index in [2.05, 4.69) is 13.8 Å². The SMILES string of the molecule is CCCCC1CCC(CCC=O)CC1CC. The van der Waals surface area contributed by atoms with E-state index in [4.69, 9.17) is 0 Å². The Kier molecular flexibility index (Phi) is 6.75. The first kappa shape index (κ1) is 13.7. The summed E-state index contributed by atoms with van der Waals surface area (Å²) >= 11 is 0. The summed E-state index contributed by atoms with van der Waals surface area (Å²) in [7, 11) is 0. The van der Waals surface area contributed by atoms with Crippen LogP contribution in [0.25, 0.3) is 0 Å². The van der Waals surface area contributed by atoms with Crippen LogP contribution in [-0.4, -0.2) is 6.29 Å². The predicted molar refractivity (Wildman–Crippen MR) is 69.4 cm³/mol. The molecule has 0 amide bonds. The van der Waals surface area contributed by atoms with Gasteiger partial charge in [-0.25, -0.2) is 0 Å². The second-order valence-electron chi connectivity index (χ2n) is 5.49. The van der Waals surface area contributed by atoms with Crippen LogP contribution in [0.15, 0.2) is 0 Å². The highest BCUT2D eigenvalue weighted by Crippen LogP contribution is 2.39. The van der Waals surface area contributed by atoms with Gasteiger partial charge in [-0.3, -0.25) is 0 Å². The van der Waals surface area contributed by atoms with Gasteiger partial charge in [0.25, 0.3) is 0 Å². The molecule has 1 nitrogen and oxygen atoms in total. The first-order valence-corrected chi connectivity index (χ1v) is 7.25. The number of unbranched alkanes of at least 4 members (excludes halogenated alkanes) is 1. The molecule has 0 aromatic rings. The molecule has 1 aliphatic carbocycles. The Labute approximate surface area is 101 Å². The maximum atomic E-state index is 10.4. The van der Waals surface area contributed by atoms with E-state index >= 15 is 0 Å². The van der Waals surface area contributed by atoms with E-state index < -0.39 is 0 Å². The number of aldehydes is 1. The fourth-order valence-electron chi connectivity index (χ4n) is 3.34. The maximum Gasteiger partial charge on any atom is 0.120 e. The van der Waals surface area contributed by atoms with Crippen molar-refractivity contribution in [2.75, 3.05) is 0 Å². The Morgan fingerprint density at radius 3 is 2.56 bits per heavy atom. The minimum Gasteiger partial charge on any atom is -0.303 e. The Bertz CT molecular complexity index is 188. The monoisotopic (exact) mass is 224 g/mol. The molecule has 0 aromatic carbocycles. The molecule has 1 rings (SSSR count). The number of carbonyl (C=O) groups excluding carboxylic acids is 1. The minimum atomic E-state index is 0.778. The zero-order chi connectivity index (χ0) is 11.8. The van der Waals surface area contributed by atoms with Gasteiger partial charge < -0.3 is 4.79 Å². The standard InChI is InChI=1S/C15H28O/c1-3-5-8-15-10-9-13(7-6-11-16)12-14(15)4-2/h11,13-15H,3-10,12H2,1-2H3. The van der Waals surface area contributed by atoms with Gasteiger partial charge in [0.05, 0.1) is 0 Å². The number of carbonyl (C=O) groups is 1. The van der Waals surface area contributed by atoms with Crippen molar-refractivity contribution in [2.24, 2.45) is 17.8 Å². The van der Waals surface area contributed by atoms with E-state index in [-0.39, 0.29) is 0 Å². The number of hydrogen-bond acceptors (Lipinski definition) is 1. The lowest BCUT2D eigenvalue weighted by atomic mass is 9.70. The van der Waals surface area contributed by atoms with Crippen molar-refractivity contribution in [1.82, 2.24) is 0 Å². The first-order chi connectivity index (χ1) is 7.81. The molecule has 0 radical (unpaired) electrons. The average Bonchev–Trinajstić information content (AvgIpc) is 2.34. The third-order valence-corrected chi connectivity index (χ3v) is 4.39. The Morgan fingerprint density at radius 1 is 1.12 bits per heavy atom. The highest BCUT2D eigenvalue weighted by Gasteiger charge is 2.28. The zero-order valence-electron chi connectivity index (χ0n) is 11.1. The van der Waals surface area contributed by atoms with Gasteiger partial charge in [0, 0.05) is 6.42 Å². The van der Waals surface area contributed by atoms with E-state index in [1.165, 1.54) is 44.9 Å². The fraction of sp³-hybridized carbons (Fsp3) is 0.933. The van der Waals surface area contributed by atoms with Gasteiger partial charge in [0.1, 0.15) is 6.29 Å². The summed E-state index contributed by atoms with van der Waals surface area (Å²) in [4.78, 5) is 10.4. The number of hydrogen-bond donors (Lipinski definition) is 0. The van der Waals surface area contributed by atoms with Crippen molar-refractivity contribution < 1.29 is 4.79 Å². The number of rotatable bonds is 7. The Morgan fingerprint density at radius 2 is 1.94 bits per heavy atom. The highest BCUT2D eigenvalue weighted by molar-refractivity contribution is 5.49. The van der Waals surface area contributed by atoms with Crippen LogP contribution in [0, 0.1) is 17.8 Å². The fourth-order valence-corrected chi connectivity index (χ4v) is 3.34. The van der Waals surface area contributed by atoms with Gasteiger partial charge >= 0.3 is 0 Å². The van der Waals surface area contributed by atoms with Crippen molar-refractivity contribution in [3.8, 4) is 0 Å². The largest absolute Gasteiger partial charge is 0.303 e. The second kappa shape index (κ2) is 7.86. The molecule has 0 aromatic heterocycles. The lowest BCUT2D eigenvalue weighted by molar-refractivity contribution is -0.108. The molecule has 1 saturated carbocycles. The minimum absolute atomic E-state index is 0.778. The first-order valence-electron chi connectivity index (χ1n) is 7.25. The molecule has 94 valence electrons. The molecule has 16 heavy (non-hydrogen) atoms. The van der Waals surface area contributed by atoms with Crippen molar-refractivity contribution in [2.45, 2.75) is 71.6 Å². The van der Waals surface area contributed by atoms with Gasteiger partial charge in [0.2, 0.25) is 0 Å². The normalized spacial score (nSPS) is 30.2. The maximum absolute atomic E-state index is 10.4. The van der Waals surface area contributed by atoms with Gasteiger partial charge in [-0.05, 0) is 37.0 Å². The Balaban J connectivity index is 2.34. The molecular formula is C15H28O. The third kappa shape index (κ3) is 4.27. The third-order valence-electron chi connectivity index (χ3n) is 4.39. The quantitative estimate of drug-likeness (QED) is 0.578. The van der Waals surface area contributed by atoms with Gasteiger partial charge in [-0.1, -0.05) is 46.0 Å². The summed E-state index contributed by atoms with van der Waals surface area (Å²) in [5.74, 6) is 2.77. The Hall–Kier alpha value is -0.330. The van der Waals surface area contributed by atoms with E-state index in [9.17, 15) is 4.79 Å². The van der Waals surface area contributed by atoms with Crippen LogP contribution >= 0.6 is 0 Å². The van der Waals surface area contributed by atoms with Crippen LogP contribution < -0.4 is 0 Å². The van der Waals surface area contributed by atoms with Crippen LogP contribution in [0.3, 0.4) is 0 Å². The van der Waals surface area contributed by atoms with Crippen LogP contribution in [-0.2, 0) is 4.79 Å². The van der Waals surface area contributed by atoms with E-state index in [1.807, 2.05) is 0 Å². The highest BCUT2D eigenvalue weighted by atomic mass is 16.1. The molecule has 0 saturated heterocycles. The average molecular weight is 224 g/mol. The lowest BCUT2D eigenvalue weighted by Crippen LogP contribution is -2.24. The van der Waals surface area contributed by atoms with Gasteiger partial charge in [-0.2, -0.15) is 0 Å². The summed E-state index contributed by atoms with van der Waals surface area (Å²) in [6.45, 7) is 4.63. The van der Waals surface area contributed by atoms with Crippen LogP contribution in [0.4, 0.5) is 0 Å². The van der Waals surface area contributed by atoms with Crippen molar-refractivity contribution in [1.29, 1.82) is 0 Å².